The average Bonchev–Trinajstić information content (AvgIpc) is 2.98. The molecule has 0 atom stereocenters. The molecule has 110 valence electrons. The highest BCUT2D eigenvalue weighted by molar-refractivity contribution is 5.77. The van der Waals surface area contributed by atoms with Crippen molar-refractivity contribution in [3.05, 3.63) is 42.6 Å². The first-order valence-corrected chi connectivity index (χ1v) is 7.29. The van der Waals surface area contributed by atoms with Crippen LogP contribution in [-0.4, -0.2) is 27.0 Å². The van der Waals surface area contributed by atoms with E-state index in [1.54, 1.807) is 18.7 Å². The summed E-state index contributed by atoms with van der Waals surface area (Å²) >= 11 is 0. The van der Waals surface area contributed by atoms with Gasteiger partial charge < -0.3 is 11.1 Å². The van der Waals surface area contributed by atoms with Crippen molar-refractivity contribution in [1.29, 1.82) is 0 Å². The molecule has 6 nitrogen and oxygen atoms in total. The average molecular weight is 284 g/mol. The maximum absolute atomic E-state index is 5.92. The minimum atomic E-state index is 0.502. The summed E-state index contributed by atoms with van der Waals surface area (Å²) in [5.74, 6) is 2.10. The molecule has 1 aliphatic rings. The Morgan fingerprint density at radius 2 is 2.33 bits per heavy atom. The number of pyridine rings is 1. The van der Waals surface area contributed by atoms with Crippen LogP contribution in [-0.2, 0) is 6.54 Å². The van der Waals surface area contributed by atoms with Crippen LogP contribution in [0.5, 0.6) is 0 Å². The highest BCUT2D eigenvalue weighted by Crippen LogP contribution is 2.25. The number of nitrogens with zero attached hydrogens (tertiary/aromatic N) is 4. The Bertz CT molecular complexity index is 600. The van der Waals surface area contributed by atoms with Crippen LogP contribution >= 0.6 is 0 Å². The van der Waals surface area contributed by atoms with Crippen molar-refractivity contribution in [1.82, 2.24) is 19.9 Å². The molecule has 0 aromatic carbocycles. The van der Waals surface area contributed by atoms with Gasteiger partial charge in [0.2, 0.25) is 0 Å². The number of aliphatic imine (C=N–C) groups is 1. The van der Waals surface area contributed by atoms with Gasteiger partial charge in [0.1, 0.15) is 12.1 Å². The highest BCUT2D eigenvalue weighted by Gasteiger charge is 2.16. The zero-order valence-corrected chi connectivity index (χ0v) is 11.9. The van der Waals surface area contributed by atoms with Crippen molar-refractivity contribution in [3.8, 4) is 5.82 Å². The number of hydrogen-bond donors (Lipinski definition) is 2. The van der Waals surface area contributed by atoms with E-state index >= 15 is 0 Å². The molecule has 0 saturated heterocycles. The number of guanidine groups is 1. The first-order valence-electron chi connectivity index (χ1n) is 7.29. The molecule has 21 heavy (non-hydrogen) atoms. The van der Waals surface area contributed by atoms with Crippen LogP contribution in [0.1, 0.15) is 24.8 Å². The first kappa shape index (κ1) is 13.6. The second-order valence-electron chi connectivity index (χ2n) is 5.34. The SMILES string of the molecule is NC(=NCc1cccnc1-n1ccnc1)NCC1CCC1. The standard InChI is InChI=1S/C15H20N6/c16-15(19-9-12-3-1-4-12)20-10-13-5-2-6-18-14(13)21-8-7-17-11-21/h2,5-8,11-12H,1,3-4,9-10H2,(H3,16,19,20). The van der Waals surface area contributed by atoms with Gasteiger partial charge in [-0.05, 0) is 24.8 Å². The molecular formula is C15H20N6. The van der Waals surface area contributed by atoms with Crippen LogP contribution < -0.4 is 11.1 Å². The molecule has 0 aliphatic heterocycles. The Balaban J connectivity index is 1.64. The van der Waals surface area contributed by atoms with E-state index in [4.69, 9.17) is 5.73 Å². The predicted octanol–water partition coefficient (Wildman–Crippen LogP) is 1.47. The van der Waals surface area contributed by atoms with Gasteiger partial charge in [-0.15, -0.1) is 0 Å². The van der Waals surface area contributed by atoms with Gasteiger partial charge in [-0.2, -0.15) is 0 Å². The van der Waals surface area contributed by atoms with Gasteiger partial charge in [0.25, 0.3) is 0 Å². The molecular weight excluding hydrogens is 264 g/mol. The Labute approximate surface area is 124 Å². The number of nitrogens with one attached hydrogen (secondary N) is 1. The van der Waals surface area contributed by atoms with Gasteiger partial charge >= 0.3 is 0 Å². The molecule has 2 aromatic heterocycles. The van der Waals surface area contributed by atoms with Crippen LogP contribution in [0.4, 0.5) is 0 Å². The minimum Gasteiger partial charge on any atom is -0.370 e. The maximum Gasteiger partial charge on any atom is 0.188 e. The van der Waals surface area contributed by atoms with Crippen LogP contribution in [0.15, 0.2) is 42.0 Å². The minimum absolute atomic E-state index is 0.502. The van der Waals surface area contributed by atoms with Crippen molar-refractivity contribution in [2.24, 2.45) is 16.6 Å². The number of hydrogen-bond acceptors (Lipinski definition) is 3. The molecule has 0 unspecified atom stereocenters. The molecule has 6 heteroatoms. The molecule has 1 aliphatic carbocycles. The number of imidazole rings is 1. The maximum atomic E-state index is 5.92. The van der Waals surface area contributed by atoms with Crippen LogP contribution in [0.3, 0.4) is 0 Å². The van der Waals surface area contributed by atoms with Gasteiger partial charge in [-0.1, -0.05) is 12.5 Å². The third-order valence-corrected chi connectivity index (χ3v) is 3.83. The lowest BCUT2D eigenvalue weighted by Crippen LogP contribution is -2.37. The van der Waals surface area contributed by atoms with E-state index in [1.165, 1.54) is 19.3 Å². The van der Waals surface area contributed by atoms with Gasteiger partial charge in [0, 0.05) is 30.7 Å². The number of aromatic nitrogens is 3. The van der Waals surface area contributed by atoms with E-state index in [-0.39, 0.29) is 0 Å². The molecule has 0 bridgehead atoms. The summed E-state index contributed by atoms with van der Waals surface area (Å²) in [7, 11) is 0. The van der Waals surface area contributed by atoms with Crippen molar-refractivity contribution in [2.75, 3.05) is 6.54 Å². The zero-order chi connectivity index (χ0) is 14.5. The summed E-state index contributed by atoms with van der Waals surface area (Å²) in [6.45, 7) is 1.43. The van der Waals surface area contributed by atoms with E-state index in [9.17, 15) is 0 Å². The summed E-state index contributed by atoms with van der Waals surface area (Å²) < 4.78 is 1.88. The van der Waals surface area contributed by atoms with Crippen molar-refractivity contribution in [3.63, 3.8) is 0 Å². The Hall–Kier alpha value is -2.37. The summed E-state index contributed by atoms with van der Waals surface area (Å²) in [4.78, 5) is 12.8. The molecule has 0 amide bonds. The summed E-state index contributed by atoms with van der Waals surface area (Å²) in [6.07, 6.45) is 11.0. The number of rotatable bonds is 5. The molecule has 2 heterocycles. The molecule has 1 fully saturated rings. The quantitative estimate of drug-likeness (QED) is 0.643. The molecule has 3 N–H and O–H groups in total. The third kappa shape index (κ3) is 3.39. The Morgan fingerprint density at radius 3 is 3.05 bits per heavy atom. The first-order chi connectivity index (χ1) is 10.3. The monoisotopic (exact) mass is 284 g/mol. The summed E-state index contributed by atoms with van der Waals surface area (Å²) in [5, 5.41) is 3.20. The van der Waals surface area contributed by atoms with Crippen LogP contribution in [0.2, 0.25) is 0 Å². The molecule has 2 aromatic rings. The molecule has 1 saturated carbocycles. The Kier molecular flexibility index (Phi) is 4.14. The molecule has 0 radical (unpaired) electrons. The van der Waals surface area contributed by atoms with Crippen molar-refractivity contribution in [2.45, 2.75) is 25.8 Å². The fraction of sp³-hybridized carbons (Fsp3) is 0.400. The second-order valence-corrected chi connectivity index (χ2v) is 5.34. The summed E-state index contributed by atoms with van der Waals surface area (Å²) in [6, 6.07) is 3.91. The lowest BCUT2D eigenvalue weighted by Gasteiger charge is -2.25. The fourth-order valence-electron chi connectivity index (χ4n) is 2.34. The van der Waals surface area contributed by atoms with Crippen LogP contribution in [0.25, 0.3) is 5.82 Å². The van der Waals surface area contributed by atoms with Crippen molar-refractivity contribution < 1.29 is 0 Å². The predicted molar refractivity (Wildman–Crippen MR) is 82.0 cm³/mol. The molecule has 0 spiro atoms. The number of nitrogens with two attached hydrogens (primary N) is 1. The van der Waals surface area contributed by atoms with Gasteiger partial charge in [0.15, 0.2) is 5.96 Å². The van der Waals surface area contributed by atoms with Crippen LogP contribution in [0, 0.1) is 5.92 Å². The van der Waals surface area contributed by atoms with E-state index < -0.39 is 0 Å². The van der Waals surface area contributed by atoms with E-state index in [0.29, 0.717) is 12.5 Å². The fourth-order valence-corrected chi connectivity index (χ4v) is 2.34. The van der Waals surface area contributed by atoms with Gasteiger partial charge in [0.05, 0.1) is 6.54 Å². The second kappa shape index (κ2) is 6.39. The van der Waals surface area contributed by atoms with E-state index in [0.717, 1.165) is 23.8 Å². The summed E-state index contributed by atoms with van der Waals surface area (Å²) in [5.41, 5.74) is 6.93. The normalized spacial score (nSPS) is 15.7. The smallest absolute Gasteiger partial charge is 0.188 e. The third-order valence-electron chi connectivity index (χ3n) is 3.83. The molecule has 3 rings (SSSR count). The van der Waals surface area contributed by atoms with Gasteiger partial charge in [-0.25, -0.2) is 15.0 Å². The lowest BCUT2D eigenvalue weighted by molar-refractivity contribution is 0.315. The zero-order valence-electron chi connectivity index (χ0n) is 11.9. The van der Waals surface area contributed by atoms with Crippen molar-refractivity contribution >= 4 is 5.96 Å². The Morgan fingerprint density at radius 1 is 1.43 bits per heavy atom. The lowest BCUT2D eigenvalue weighted by atomic mass is 9.85. The van der Waals surface area contributed by atoms with E-state index in [2.05, 4.69) is 20.3 Å². The largest absolute Gasteiger partial charge is 0.370 e. The highest BCUT2D eigenvalue weighted by atomic mass is 15.1. The van der Waals surface area contributed by atoms with E-state index in [1.807, 2.05) is 22.9 Å². The topological polar surface area (TPSA) is 81.1 Å². The van der Waals surface area contributed by atoms with Gasteiger partial charge in [-0.3, -0.25) is 4.57 Å².